The van der Waals surface area contributed by atoms with E-state index in [9.17, 15) is 9.90 Å². The van der Waals surface area contributed by atoms with Crippen molar-refractivity contribution in [3.63, 3.8) is 0 Å². The Morgan fingerprint density at radius 1 is 1.22 bits per heavy atom. The van der Waals surface area contributed by atoms with Gasteiger partial charge in [-0.3, -0.25) is 4.79 Å². The van der Waals surface area contributed by atoms with Crippen LogP contribution < -0.4 is 0 Å². The Kier molecular flexibility index (Phi) is 3.99. The Bertz CT molecular complexity index is 528. The first kappa shape index (κ1) is 12.6. The lowest BCUT2D eigenvalue weighted by Gasteiger charge is -1.99. The van der Waals surface area contributed by atoms with Gasteiger partial charge in [-0.15, -0.1) is 11.3 Å². The van der Waals surface area contributed by atoms with Gasteiger partial charge in [-0.1, -0.05) is 0 Å². The second-order valence-electron chi connectivity index (χ2n) is 3.79. The van der Waals surface area contributed by atoms with Crippen LogP contribution in [0.25, 0.3) is 10.4 Å². The average Bonchev–Trinajstić information content (AvgIpc) is 2.78. The molecule has 0 atom stereocenters. The fourth-order valence-electron chi connectivity index (χ4n) is 1.61. The van der Waals surface area contributed by atoms with Gasteiger partial charge in [0.05, 0.1) is 13.0 Å². The van der Waals surface area contributed by atoms with Crippen molar-refractivity contribution < 1.29 is 14.6 Å². The molecule has 0 fully saturated rings. The predicted octanol–water partition coefficient (Wildman–Crippen LogP) is 3.23. The maximum Gasteiger partial charge on any atom is 0.311 e. The van der Waals surface area contributed by atoms with Crippen LogP contribution in [0.2, 0.25) is 0 Å². The first-order valence-electron chi connectivity index (χ1n) is 5.73. The minimum Gasteiger partial charge on any atom is -0.508 e. The molecule has 0 bridgehead atoms. The molecule has 3 nitrogen and oxygen atoms in total. The van der Waals surface area contributed by atoms with Crippen LogP contribution in [0.3, 0.4) is 0 Å². The van der Waals surface area contributed by atoms with Gasteiger partial charge in [-0.25, -0.2) is 0 Å². The fourth-order valence-corrected chi connectivity index (χ4v) is 2.61. The van der Waals surface area contributed by atoms with Crippen LogP contribution in [0.5, 0.6) is 5.75 Å². The minimum absolute atomic E-state index is 0.198. The molecule has 0 saturated heterocycles. The molecule has 0 saturated carbocycles. The third-order valence-corrected chi connectivity index (χ3v) is 3.57. The second kappa shape index (κ2) is 5.69. The number of phenols is 1. The van der Waals surface area contributed by atoms with Crippen molar-refractivity contribution in [2.45, 2.75) is 13.3 Å². The molecule has 1 N–H and O–H groups in total. The quantitative estimate of drug-likeness (QED) is 0.860. The predicted molar refractivity (Wildman–Crippen MR) is 71.8 cm³/mol. The first-order chi connectivity index (χ1) is 8.69. The number of hydrogen-bond donors (Lipinski definition) is 1. The smallest absolute Gasteiger partial charge is 0.311 e. The molecule has 2 aromatic rings. The maximum atomic E-state index is 11.4. The number of rotatable bonds is 4. The summed E-state index contributed by atoms with van der Waals surface area (Å²) in [4.78, 5) is 13.4. The molecule has 0 aliphatic carbocycles. The molecule has 4 heteroatoms. The van der Waals surface area contributed by atoms with Crippen LogP contribution in [-0.4, -0.2) is 17.7 Å². The van der Waals surface area contributed by atoms with E-state index in [-0.39, 0.29) is 11.7 Å². The highest BCUT2D eigenvalue weighted by Crippen LogP contribution is 2.29. The number of aromatic hydroxyl groups is 1. The summed E-state index contributed by atoms with van der Waals surface area (Å²) in [6.07, 6.45) is 0.316. The third-order valence-electron chi connectivity index (χ3n) is 2.44. The molecule has 18 heavy (non-hydrogen) atoms. The van der Waals surface area contributed by atoms with Gasteiger partial charge in [-0.2, -0.15) is 0 Å². The van der Waals surface area contributed by atoms with Gasteiger partial charge >= 0.3 is 5.97 Å². The van der Waals surface area contributed by atoms with E-state index in [0.717, 1.165) is 15.3 Å². The number of thiophene rings is 1. The third kappa shape index (κ3) is 3.11. The van der Waals surface area contributed by atoms with Gasteiger partial charge in [0.15, 0.2) is 0 Å². The lowest BCUT2D eigenvalue weighted by molar-refractivity contribution is -0.142. The Hall–Kier alpha value is -1.81. The molecule has 0 amide bonds. The van der Waals surface area contributed by atoms with Crippen molar-refractivity contribution in [3.8, 4) is 16.2 Å². The van der Waals surface area contributed by atoms with Gasteiger partial charge in [0, 0.05) is 9.75 Å². The van der Waals surface area contributed by atoms with E-state index in [1.165, 1.54) is 0 Å². The van der Waals surface area contributed by atoms with Crippen molar-refractivity contribution >= 4 is 17.3 Å². The molecule has 2 rings (SSSR count). The van der Waals surface area contributed by atoms with Crippen LogP contribution in [-0.2, 0) is 16.0 Å². The number of esters is 1. The van der Waals surface area contributed by atoms with Crippen molar-refractivity contribution in [2.75, 3.05) is 6.61 Å². The highest BCUT2D eigenvalue weighted by atomic mass is 32.1. The monoisotopic (exact) mass is 262 g/mol. The van der Waals surface area contributed by atoms with Crippen LogP contribution in [0.4, 0.5) is 0 Å². The van der Waals surface area contributed by atoms with Crippen LogP contribution in [0.1, 0.15) is 11.8 Å². The van der Waals surface area contributed by atoms with Crippen molar-refractivity contribution in [3.05, 3.63) is 41.3 Å². The Balaban J connectivity index is 2.10. The van der Waals surface area contributed by atoms with Gasteiger partial charge in [0.1, 0.15) is 5.75 Å². The largest absolute Gasteiger partial charge is 0.508 e. The van der Waals surface area contributed by atoms with Crippen molar-refractivity contribution in [1.29, 1.82) is 0 Å². The highest BCUT2D eigenvalue weighted by molar-refractivity contribution is 7.15. The summed E-state index contributed by atoms with van der Waals surface area (Å²) in [6.45, 7) is 2.21. The Labute approximate surface area is 110 Å². The molecular weight excluding hydrogens is 248 g/mol. The second-order valence-corrected chi connectivity index (χ2v) is 4.96. The molecule has 0 radical (unpaired) electrons. The number of carbonyl (C=O) groups is 1. The zero-order valence-electron chi connectivity index (χ0n) is 10.1. The van der Waals surface area contributed by atoms with E-state index in [2.05, 4.69) is 0 Å². The zero-order chi connectivity index (χ0) is 13.0. The van der Waals surface area contributed by atoms with E-state index in [0.29, 0.717) is 13.0 Å². The van der Waals surface area contributed by atoms with Gasteiger partial charge in [0.2, 0.25) is 0 Å². The Morgan fingerprint density at radius 2 is 1.94 bits per heavy atom. The summed E-state index contributed by atoms with van der Waals surface area (Å²) in [5.74, 6) is 0.0543. The molecular formula is C14H14O3S. The fraction of sp³-hybridized carbons (Fsp3) is 0.214. The topological polar surface area (TPSA) is 46.5 Å². The van der Waals surface area contributed by atoms with Gasteiger partial charge in [0.25, 0.3) is 0 Å². The van der Waals surface area contributed by atoms with Crippen molar-refractivity contribution in [2.24, 2.45) is 0 Å². The van der Waals surface area contributed by atoms with E-state index in [4.69, 9.17) is 4.74 Å². The molecule has 0 unspecified atom stereocenters. The zero-order valence-corrected chi connectivity index (χ0v) is 10.9. The van der Waals surface area contributed by atoms with E-state index in [1.807, 2.05) is 24.3 Å². The summed E-state index contributed by atoms with van der Waals surface area (Å²) in [5.41, 5.74) is 1.04. The first-order valence-corrected chi connectivity index (χ1v) is 6.54. The molecule has 1 aromatic heterocycles. The van der Waals surface area contributed by atoms with Crippen LogP contribution in [0.15, 0.2) is 36.4 Å². The highest BCUT2D eigenvalue weighted by Gasteiger charge is 2.08. The molecule has 94 valence electrons. The summed E-state index contributed by atoms with van der Waals surface area (Å²) >= 11 is 1.56. The molecule has 0 spiro atoms. The number of hydrogen-bond acceptors (Lipinski definition) is 4. The summed E-state index contributed by atoms with van der Waals surface area (Å²) < 4.78 is 4.91. The van der Waals surface area contributed by atoms with Gasteiger partial charge < -0.3 is 9.84 Å². The summed E-state index contributed by atoms with van der Waals surface area (Å²) in [6, 6.07) is 10.9. The molecule has 1 aromatic carbocycles. The van der Waals surface area contributed by atoms with E-state index in [1.54, 1.807) is 30.4 Å². The summed E-state index contributed by atoms with van der Waals surface area (Å²) in [7, 11) is 0. The Morgan fingerprint density at radius 3 is 2.61 bits per heavy atom. The van der Waals surface area contributed by atoms with E-state index >= 15 is 0 Å². The van der Waals surface area contributed by atoms with Crippen molar-refractivity contribution in [1.82, 2.24) is 0 Å². The van der Waals surface area contributed by atoms with Gasteiger partial charge in [-0.05, 0) is 48.9 Å². The van der Waals surface area contributed by atoms with Crippen LogP contribution in [0, 0.1) is 0 Å². The SMILES string of the molecule is CCOC(=O)Cc1ccc(-c2ccc(O)cc2)s1. The maximum absolute atomic E-state index is 11.4. The normalized spacial score (nSPS) is 10.3. The molecule has 0 aliphatic heterocycles. The van der Waals surface area contributed by atoms with E-state index < -0.39 is 0 Å². The lowest BCUT2D eigenvalue weighted by Crippen LogP contribution is -2.05. The molecule has 0 aliphatic rings. The lowest BCUT2D eigenvalue weighted by atomic mass is 10.2. The number of phenolic OH excluding ortho intramolecular Hbond substituents is 1. The number of carbonyl (C=O) groups excluding carboxylic acids is 1. The minimum atomic E-state index is -0.198. The van der Waals surface area contributed by atoms with Crippen LogP contribution >= 0.6 is 11.3 Å². The summed E-state index contributed by atoms with van der Waals surface area (Å²) in [5, 5.41) is 9.23. The number of benzene rings is 1. The number of ether oxygens (including phenoxy) is 1. The molecule has 1 heterocycles. The standard InChI is InChI=1S/C14H14O3S/c1-2-17-14(16)9-12-7-8-13(18-12)10-3-5-11(15)6-4-10/h3-8,15H,2,9H2,1H3. The average molecular weight is 262 g/mol.